The van der Waals surface area contributed by atoms with E-state index in [9.17, 15) is 23.9 Å². The van der Waals surface area contributed by atoms with E-state index < -0.39 is 23.7 Å². The van der Waals surface area contributed by atoms with Crippen LogP contribution in [0.25, 0.3) is 11.1 Å². The zero-order chi connectivity index (χ0) is 20.7. The molecule has 0 fully saturated rings. The summed E-state index contributed by atoms with van der Waals surface area (Å²) in [6.07, 6.45) is 0.113. The molecule has 2 aromatic carbocycles. The molecule has 0 aliphatic carbocycles. The Morgan fingerprint density at radius 2 is 1.66 bits per heavy atom. The molecule has 0 saturated carbocycles. The van der Waals surface area contributed by atoms with Gasteiger partial charge >= 0.3 is 11.9 Å². The van der Waals surface area contributed by atoms with Gasteiger partial charge in [-0.2, -0.15) is 0 Å². The highest BCUT2D eigenvalue weighted by atomic mass is 32.1. The number of carboxylic acid groups (broad SMARTS) is 2. The lowest BCUT2D eigenvalue weighted by Crippen LogP contribution is -2.22. The van der Waals surface area contributed by atoms with Gasteiger partial charge < -0.3 is 15.5 Å². The van der Waals surface area contributed by atoms with Gasteiger partial charge in [0.1, 0.15) is 10.7 Å². The third kappa shape index (κ3) is 3.38. The molecule has 0 saturated heterocycles. The summed E-state index contributed by atoms with van der Waals surface area (Å²) >= 11 is 1.06. The summed E-state index contributed by atoms with van der Waals surface area (Å²) in [6, 6.07) is 11.6. The molecule has 29 heavy (non-hydrogen) atoms. The molecule has 0 spiro atoms. The zero-order valence-corrected chi connectivity index (χ0v) is 15.6. The van der Waals surface area contributed by atoms with Crippen LogP contribution in [0.5, 0.6) is 0 Å². The van der Waals surface area contributed by atoms with Crippen molar-refractivity contribution in [2.45, 2.75) is 12.3 Å². The number of carboxylic acids is 2. The van der Waals surface area contributed by atoms with Gasteiger partial charge in [-0.15, -0.1) is 11.3 Å². The summed E-state index contributed by atoms with van der Waals surface area (Å²) in [5, 5.41) is 21.6. The fourth-order valence-electron chi connectivity index (χ4n) is 3.46. The van der Waals surface area contributed by atoms with Crippen LogP contribution in [-0.4, -0.2) is 28.1 Å². The molecular formula is C21H14FNO5S. The molecule has 0 bridgehead atoms. The number of nitrogens with one attached hydrogen (secondary N) is 1. The number of carbonyl (C=O) groups is 3. The van der Waals surface area contributed by atoms with Crippen molar-refractivity contribution in [3.05, 3.63) is 75.2 Å². The molecule has 4 rings (SSSR count). The van der Waals surface area contributed by atoms with Crippen molar-refractivity contribution < 1.29 is 29.0 Å². The van der Waals surface area contributed by atoms with Crippen LogP contribution in [0.2, 0.25) is 0 Å². The molecule has 146 valence electrons. The molecule has 1 aromatic heterocycles. The maximum atomic E-state index is 13.3. The van der Waals surface area contributed by atoms with Crippen molar-refractivity contribution in [1.29, 1.82) is 0 Å². The van der Waals surface area contributed by atoms with Crippen LogP contribution in [0.1, 0.15) is 42.8 Å². The van der Waals surface area contributed by atoms with Crippen LogP contribution in [0.3, 0.4) is 0 Å². The molecule has 0 radical (unpaired) electrons. The number of carbonyl (C=O) groups excluding carboxylic acids is 1. The molecule has 2 heterocycles. The monoisotopic (exact) mass is 411 g/mol. The van der Waals surface area contributed by atoms with Crippen LogP contribution in [-0.2, 0) is 4.79 Å². The Labute approximate surface area is 168 Å². The van der Waals surface area contributed by atoms with Crippen molar-refractivity contribution in [2.75, 3.05) is 5.32 Å². The van der Waals surface area contributed by atoms with Gasteiger partial charge in [-0.05, 0) is 35.4 Å². The van der Waals surface area contributed by atoms with Crippen molar-refractivity contribution in [1.82, 2.24) is 0 Å². The van der Waals surface area contributed by atoms with E-state index >= 15 is 0 Å². The van der Waals surface area contributed by atoms with Crippen molar-refractivity contribution in [3.8, 4) is 11.1 Å². The highest BCUT2D eigenvalue weighted by molar-refractivity contribution is 7.15. The number of anilines is 1. The number of hydrogen-bond donors (Lipinski definition) is 3. The molecule has 1 amide bonds. The zero-order valence-electron chi connectivity index (χ0n) is 14.8. The number of halogens is 1. The summed E-state index contributed by atoms with van der Waals surface area (Å²) in [7, 11) is 0. The third-order valence-corrected chi connectivity index (χ3v) is 6.08. The highest BCUT2D eigenvalue weighted by Gasteiger charge is 2.34. The summed E-state index contributed by atoms with van der Waals surface area (Å²) in [6.45, 7) is 0. The molecular weight excluding hydrogens is 397 g/mol. The maximum absolute atomic E-state index is 13.3. The van der Waals surface area contributed by atoms with E-state index in [0.29, 0.717) is 21.7 Å². The van der Waals surface area contributed by atoms with E-state index in [1.165, 1.54) is 36.4 Å². The van der Waals surface area contributed by atoms with Gasteiger partial charge in [-0.1, -0.05) is 24.3 Å². The Bertz CT molecular complexity index is 1140. The number of hydrogen-bond acceptors (Lipinski definition) is 4. The van der Waals surface area contributed by atoms with E-state index in [2.05, 4.69) is 5.32 Å². The van der Waals surface area contributed by atoms with Gasteiger partial charge in [0.25, 0.3) is 0 Å². The second-order valence-corrected chi connectivity index (χ2v) is 7.64. The average Bonchev–Trinajstić information content (AvgIpc) is 3.07. The van der Waals surface area contributed by atoms with Crippen LogP contribution >= 0.6 is 11.3 Å². The standard InChI is InChI=1S/C21H14FNO5S/c22-13-7-5-11(6-8-13)16-17-18(29-19(16)21(27)28)14(9-15(24)23-17)10-1-3-12(4-2-10)20(25)26/h1-8,14H,9H2,(H,23,24)(H,25,26)(H,27,28). The van der Waals surface area contributed by atoms with E-state index in [1.807, 2.05) is 0 Å². The van der Waals surface area contributed by atoms with E-state index in [-0.39, 0.29) is 22.8 Å². The largest absolute Gasteiger partial charge is 0.478 e. The predicted molar refractivity (Wildman–Crippen MR) is 105 cm³/mol. The highest BCUT2D eigenvalue weighted by Crippen LogP contribution is 2.49. The maximum Gasteiger partial charge on any atom is 0.346 e. The van der Waals surface area contributed by atoms with Crippen LogP contribution in [0.4, 0.5) is 10.1 Å². The van der Waals surface area contributed by atoms with Gasteiger partial charge in [0.05, 0.1) is 11.3 Å². The second kappa shape index (κ2) is 7.14. The minimum atomic E-state index is -1.14. The van der Waals surface area contributed by atoms with Crippen molar-refractivity contribution in [3.63, 3.8) is 0 Å². The first-order valence-electron chi connectivity index (χ1n) is 8.64. The minimum Gasteiger partial charge on any atom is -0.478 e. The Morgan fingerprint density at radius 3 is 2.24 bits per heavy atom. The number of benzene rings is 2. The van der Waals surface area contributed by atoms with Crippen LogP contribution in [0, 0.1) is 5.82 Å². The Kier molecular flexibility index (Phi) is 4.63. The molecule has 3 N–H and O–H groups in total. The summed E-state index contributed by atoms with van der Waals surface area (Å²) < 4.78 is 13.3. The number of fused-ring (bicyclic) bond motifs is 1. The number of amides is 1. The van der Waals surface area contributed by atoms with Gasteiger partial charge in [-0.3, -0.25) is 4.79 Å². The van der Waals surface area contributed by atoms with Gasteiger partial charge in [-0.25, -0.2) is 14.0 Å². The van der Waals surface area contributed by atoms with Crippen molar-refractivity contribution >= 4 is 34.9 Å². The first-order valence-corrected chi connectivity index (χ1v) is 9.46. The van der Waals surface area contributed by atoms with E-state index in [1.54, 1.807) is 12.1 Å². The first-order chi connectivity index (χ1) is 13.8. The van der Waals surface area contributed by atoms with E-state index in [0.717, 1.165) is 16.9 Å². The lowest BCUT2D eigenvalue weighted by Gasteiger charge is -2.24. The predicted octanol–water partition coefficient (Wildman–Crippen LogP) is 4.42. The Balaban J connectivity index is 1.88. The normalized spacial score (nSPS) is 15.5. The number of rotatable bonds is 4. The van der Waals surface area contributed by atoms with Gasteiger partial charge in [0.15, 0.2) is 0 Å². The summed E-state index contributed by atoms with van der Waals surface area (Å²) in [4.78, 5) is 36.1. The Morgan fingerprint density at radius 1 is 1.00 bits per heavy atom. The Hall–Kier alpha value is -3.52. The van der Waals surface area contributed by atoms with E-state index in [4.69, 9.17) is 5.11 Å². The molecule has 6 nitrogen and oxygen atoms in total. The molecule has 1 aliphatic heterocycles. The van der Waals surface area contributed by atoms with Gasteiger partial charge in [0, 0.05) is 22.8 Å². The summed E-state index contributed by atoms with van der Waals surface area (Å²) in [5.41, 5.74) is 2.08. The summed E-state index contributed by atoms with van der Waals surface area (Å²) in [5.74, 6) is -3.32. The van der Waals surface area contributed by atoms with Gasteiger partial charge in [0.2, 0.25) is 5.91 Å². The smallest absolute Gasteiger partial charge is 0.346 e. The lowest BCUT2D eigenvalue weighted by molar-refractivity contribution is -0.116. The topological polar surface area (TPSA) is 104 Å². The SMILES string of the molecule is O=C1CC(c2ccc(C(=O)O)cc2)c2sc(C(=O)O)c(-c3ccc(F)cc3)c2N1. The third-order valence-electron chi connectivity index (χ3n) is 4.79. The first kappa shape index (κ1) is 18.8. The number of thiophene rings is 1. The lowest BCUT2D eigenvalue weighted by atomic mass is 9.88. The van der Waals surface area contributed by atoms with Crippen molar-refractivity contribution in [2.24, 2.45) is 0 Å². The molecule has 1 unspecified atom stereocenters. The van der Waals surface area contributed by atoms with Crippen LogP contribution < -0.4 is 5.32 Å². The van der Waals surface area contributed by atoms with Crippen LogP contribution in [0.15, 0.2) is 48.5 Å². The molecule has 1 atom stereocenters. The average molecular weight is 411 g/mol. The molecule has 1 aliphatic rings. The quantitative estimate of drug-likeness (QED) is 0.589. The second-order valence-electron chi connectivity index (χ2n) is 6.59. The fourth-order valence-corrected chi connectivity index (χ4v) is 4.70. The minimum absolute atomic E-state index is 0.0518. The number of aromatic carboxylic acids is 2. The fraction of sp³-hybridized carbons (Fsp3) is 0.0952. The molecule has 8 heteroatoms. The molecule has 3 aromatic rings.